The van der Waals surface area contributed by atoms with Crippen LogP contribution in [0.15, 0.2) is 59.7 Å². The van der Waals surface area contributed by atoms with E-state index in [0.29, 0.717) is 28.1 Å². The Morgan fingerprint density at radius 1 is 1.08 bits per heavy atom. The average molecular weight is 491 g/mol. The minimum absolute atomic E-state index is 0.0137. The van der Waals surface area contributed by atoms with Crippen molar-refractivity contribution in [3.05, 3.63) is 82.9 Å². The number of pyridine rings is 1. The zero-order chi connectivity index (χ0) is 25.7. The van der Waals surface area contributed by atoms with Crippen LogP contribution in [-0.2, 0) is 11.3 Å². The molecule has 2 aromatic carbocycles. The molecule has 184 valence electrons. The highest BCUT2D eigenvalue weighted by Gasteiger charge is 2.24. The Morgan fingerprint density at radius 2 is 1.83 bits per heavy atom. The van der Waals surface area contributed by atoms with Crippen LogP contribution < -0.4 is 19.4 Å². The van der Waals surface area contributed by atoms with Crippen molar-refractivity contribution in [1.82, 2.24) is 10.3 Å². The molecule has 1 aromatic heterocycles. The van der Waals surface area contributed by atoms with Crippen molar-refractivity contribution in [2.75, 3.05) is 14.2 Å². The van der Waals surface area contributed by atoms with E-state index in [4.69, 9.17) is 14.1 Å². The van der Waals surface area contributed by atoms with Crippen molar-refractivity contribution in [3.8, 4) is 17.2 Å². The normalized spacial score (nSPS) is 13.1. The van der Waals surface area contributed by atoms with Crippen LogP contribution in [0, 0.1) is 5.82 Å². The molecule has 0 aliphatic carbocycles. The zero-order valence-electron chi connectivity index (χ0n) is 19.6. The number of hydrogen-bond donors (Lipinski definition) is 3. The lowest BCUT2D eigenvalue weighted by Crippen LogP contribution is -2.25. The van der Waals surface area contributed by atoms with Crippen molar-refractivity contribution < 1.29 is 33.4 Å². The van der Waals surface area contributed by atoms with E-state index in [1.807, 2.05) is 6.07 Å². The molecule has 1 amide bonds. The van der Waals surface area contributed by atoms with Crippen LogP contribution in [0.1, 0.15) is 28.8 Å². The summed E-state index contributed by atoms with van der Waals surface area (Å²) in [6.45, 7) is 0.266. The highest BCUT2D eigenvalue weighted by molar-refractivity contribution is 6.34. The third-order valence-electron chi connectivity index (χ3n) is 5.35. The number of carbonyl (C=O) groups excluding carboxylic acids is 1. The first-order valence-electron chi connectivity index (χ1n) is 10.9. The molecule has 3 N–H and O–H groups in total. The van der Waals surface area contributed by atoms with Gasteiger partial charge in [-0.05, 0) is 54.1 Å². The summed E-state index contributed by atoms with van der Waals surface area (Å²) in [6, 6.07) is 12.9. The lowest BCUT2D eigenvalue weighted by molar-refractivity contribution is -0.120. The second-order valence-corrected chi connectivity index (χ2v) is 7.75. The topological polar surface area (TPSA) is 123 Å². The Morgan fingerprint density at radius 3 is 2.47 bits per heavy atom. The predicted molar refractivity (Wildman–Crippen MR) is 132 cm³/mol. The number of aliphatic imine (C=N–C) groups is 1. The molecule has 0 fully saturated rings. The molecule has 1 aliphatic rings. The molecular weight excluding hydrogens is 468 g/mol. The first-order chi connectivity index (χ1) is 17.4. The van der Waals surface area contributed by atoms with Gasteiger partial charge < -0.3 is 29.5 Å². The molecule has 9 nitrogen and oxygen atoms in total. The number of rotatable bonds is 9. The van der Waals surface area contributed by atoms with E-state index in [1.54, 1.807) is 42.6 Å². The van der Waals surface area contributed by atoms with E-state index in [2.05, 4.69) is 15.3 Å². The number of nitrogens with zero attached hydrogens (tertiary/aromatic N) is 2. The van der Waals surface area contributed by atoms with Crippen LogP contribution in [-0.4, -0.2) is 48.2 Å². The number of fused-ring (bicyclic) bond motifs is 1. The van der Waals surface area contributed by atoms with Crippen molar-refractivity contribution in [1.29, 1.82) is 0 Å². The molecule has 36 heavy (non-hydrogen) atoms. The highest BCUT2D eigenvalue weighted by Crippen LogP contribution is 2.40. The van der Waals surface area contributed by atoms with E-state index in [9.17, 15) is 19.2 Å². The Bertz CT molecular complexity index is 1310. The number of methoxy groups -OCH3 is 2. The van der Waals surface area contributed by atoms with Gasteiger partial charge in [0.2, 0.25) is 5.91 Å². The number of ether oxygens (including phenoxy) is 2. The zero-order valence-corrected chi connectivity index (χ0v) is 19.6. The maximum atomic E-state index is 14.1. The van der Waals surface area contributed by atoms with Gasteiger partial charge in [-0.2, -0.15) is 0 Å². The maximum absolute atomic E-state index is 14.1. The molecule has 2 heterocycles. The van der Waals surface area contributed by atoms with Gasteiger partial charge in [0, 0.05) is 17.3 Å². The monoisotopic (exact) mass is 491 g/mol. The van der Waals surface area contributed by atoms with E-state index in [-0.39, 0.29) is 36.1 Å². The fraction of sp³-hybridized carbons (Fsp3) is 0.160. The molecule has 3 aromatic rings. The quantitative estimate of drug-likeness (QED) is 0.394. The lowest BCUT2D eigenvalue weighted by atomic mass is 10.0. The summed E-state index contributed by atoms with van der Waals surface area (Å²) in [6.07, 6.45) is 3.32. The third-order valence-corrected chi connectivity index (χ3v) is 5.35. The summed E-state index contributed by atoms with van der Waals surface area (Å²) in [5, 5.41) is 21.2. The first-order valence-corrected chi connectivity index (χ1v) is 10.9. The maximum Gasteiger partial charge on any atom is 0.707 e. The SMILES string of the molecule is COc1cc(/C=C2/N=C(CC(=O)NCc3ccccn3)c3cc(F)ccc32)cc(OC)c1OB(O)O. The smallest absolute Gasteiger partial charge is 0.506 e. The number of hydrogen-bond acceptors (Lipinski definition) is 8. The van der Waals surface area contributed by atoms with E-state index in [0.717, 1.165) is 5.69 Å². The number of benzene rings is 2. The van der Waals surface area contributed by atoms with Gasteiger partial charge in [-0.3, -0.25) is 14.8 Å². The van der Waals surface area contributed by atoms with Gasteiger partial charge in [0.1, 0.15) is 5.82 Å². The summed E-state index contributed by atoms with van der Waals surface area (Å²) in [7, 11) is 0.732. The number of halogens is 1. The van der Waals surface area contributed by atoms with Crippen molar-refractivity contribution in [2.45, 2.75) is 13.0 Å². The molecule has 0 spiro atoms. The van der Waals surface area contributed by atoms with Crippen molar-refractivity contribution >= 4 is 30.7 Å². The van der Waals surface area contributed by atoms with Crippen LogP contribution in [0.2, 0.25) is 0 Å². The third kappa shape index (κ3) is 5.70. The number of aromatic nitrogens is 1. The van der Waals surface area contributed by atoms with Gasteiger partial charge in [0.15, 0.2) is 17.2 Å². The second-order valence-electron chi connectivity index (χ2n) is 7.75. The highest BCUT2D eigenvalue weighted by atomic mass is 19.1. The van der Waals surface area contributed by atoms with Gasteiger partial charge in [0.05, 0.1) is 44.3 Å². The Labute approximate surface area is 207 Å². The number of amides is 1. The molecule has 1 aliphatic heterocycles. The van der Waals surface area contributed by atoms with Crippen LogP contribution in [0.5, 0.6) is 17.2 Å². The van der Waals surface area contributed by atoms with Crippen LogP contribution in [0.4, 0.5) is 4.39 Å². The Kier molecular flexibility index (Phi) is 7.62. The van der Waals surface area contributed by atoms with E-state index >= 15 is 0 Å². The van der Waals surface area contributed by atoms with Gasteiger partial charge in [-0.25, -0.2) is 4.39 Å². The first kappa shape index (κ1) is 24.9. The van der Waals surface area contributed by atoms with Gasteiger partial charge in [-0.15, -0.1) is 0 Å². The Balaban J connectivity index is 1.64. The van der Waals surface area contributed by atoms with Crippen LogP contribution >= 0.6 is 0 Å². The summed E-state index contributed by atoms with van der Waals surface area (Å²) in [5.74, 6) is -0.304. The number of carbonyl (C=O) groups is 1. The van der Waals surface area contributed by atoms with Crippen molar-refractivity contribution in [2.24, 2.45) is 4.99 Å². The average Bonchev–Trinajstić information content (AvgIpc) is 3.19. The summed E-state index contributed by atoms with van der Waals surface area (Å²) >= 11 is 0. The fourth-order valence-corrected chi connectivity index (χ4v) is 3.76. The molecule has 0 bridgehead atoms. The Hall–Kier alpha value is -4.22. The molecule has 4 rings (SSSR count). The molecule has 0 atom stereocenters. The molecule has 0 saturated carbocycles. The molecule has 11 heteroatoms. The van der Waals surface area contributed by atoms with Gasteiger partial charge in [0.25, 0.3) is 0 Å². The minimum Gasteiger partial charge on any atom is -0.506 e. The van der Waals surface area contributed by atoms with Crippen molar-refractivity contribution in [3.63, 3.8) is 0 Å². The van der Waals surface area contributed by atoms with Gasteiger partial charge in [-0.1, -0.05) is 6.07 Å². The molecule has 0 radical (unpaired) electrons. The van der Waals surface area contributed by atoms with E-state index in [1.165, 1.54) is 26.4 Å². The number of nitrogens with one attached hydrogen (secondary N) is 1. The summed E-state index contributed by atoms with van der Waals surface area (Å²) in [5.41, 5.74) is 3.44. The minimum atomic E-state index is -2.07. The standard InChI is InChI=1S/C25H23BFN3O6/c1-34-22-10-15(11-23(35-2)25(22)36-26(32)33)9-20-18-7-6-16(27)12-19(18)21(30-20)13-24(31)29-14-17-5-3-4-8-28-17/h3-12,32-33H,13-14H2,1-2H3,(H,29,31)/b20-9+. The second kappa shape index (κ2) is 11.0. The summed E-state index contributed by atoms with van der Waals surface area (Å²) < 4.78 is 29.7. The molecule has 0 saturated heterocycles. The largest absolute Gasteiger partial charge is 0.707 e. The van der Waals surface area contributed by atoms with Crippen LogP contribution in [0.25, 0.3) is 11.8 Å². The molecular formula is C25H23BFN3O6. The lowest BCUT2D eigenvalue weighted by Gasteiger charge is -2.15. The summed E-state index contributed by atoms with van der Waals surface area (Å²) in [4.78, 5) is 21.4. The fourth-order valence-electron chi connectivity index (χ4n) is 3.76. The van der Waals surface area contributed by atoms with E-state index < -0.39 is 13.1 Å². The van der Waals surface area contributed by atoms with Gasteiger partial charge >= 0.3 is 7.32 Å². The molecule has 0 unspecified atom stereocenters. The predicted octanol–water partition coefficient (Wildman–Crippen LogP) is 2.59. The van der Waals surface area contributed by atoms with Crippen LogP contribution in [0.3, 0.4) is 0 Å².